The van der Waals surface area contributed by atoms with Gasteiger partial charge in [0.2, 0.25) is 0 Å². The second-order valence-corrected chi connectivity index (χ2v) is 22.0. The lowest BCUT2D eigenvalue weighted by atomic mass is 10.1. The lowest BCUT2D eigenvalue weighted by Crippen LogP contribution is -2.37. The molecular formula is C34H35F2N9O9P2S2. The molecule has 0 spiro atoms. The average Bonchev–Trinajstić information content (AvgIpc) is 3.98. The minimum absolute atomic E-state index is 0.209. The normalized spacial score (nSPS) is 33.6. The van der Waals surface area contributed by atoms with Crippen molar-refractivity contribution in [2.45, 2.75) is 80.7 Å². The van der Waals surface area contributed by atoms with E-state index < -0.39 is 80.6 Å². The topological polar surface area (TPSA) is 203 Å². The first-order valence-corrected chi connectivity index (χ1v) is 24.5. The molecule has 5 aliphatic rings. The van der Waals surface area contributed by atoms with Crippen LogP contribution in [-0.4, -0.2) is 101 Å². The molecule has 0 amide bonds. The van der Waals surface area contributed by atoms with Crippen LogP contribution in [-0.2, 0) is 62.5 Å². The number of rotatable bonds is 4. The maximum absolute atomic E-state index is 17.0. The highest BCUT2D eigenvalue weighted by molar-refractivity contribution is 8.54. The molecule has 0 radical (unpaired) electrons. The van der Waals surface area contributed by atoms with E-state index in [1.807, 2.05) is 12.2 Å². The smallest absolute Gasteiger partial charge is 0.346 e. The first-order chi connectivity index (χ1) is 28.0. The average molecular weight is 878 g/mol. The highest BCUT2D eigenvalue weighted by atomic mass is 32.7. The lowest BCUT2D eigenvalue weighted by molar-refractivity contribution is -0.385. The number of fused-ring (bicyclic) bond motifs is 10. The number of imidazole rings is 2. The van der Waals surface area contributed by atoms with Gasteiger partial charge in [-0.25, -0.2) is 43.2 Å². The van der Waals surface area contributed by atoms with Gasteiger partial charge >= 0.3 is 6.80 Å². The number of nitro benzene ring substituents is 1. The van der Waals surface area contributed by atoms with Gasteiger partial charge in [-0.2, -0.15) is 0 Å². The molecule has 1 aromatic carbocycles. The molecule has 18 nitrogen and oxygen atoms in total. The molecule has 58 heavy (non-hydrogen) atoms. The Kier molecular flexibility index (Phi) is 11.0. The highest BCUT2D eigenvalue weighted by Crippen LogP contribution is 2.65. The standard InChI is InChI=1S/C34H35F2N9O9P2S2/c1-55(57)49-12-23-30-26(36)34(51-23)44-18-42-28-21(38-16-40-32(28)44)10-5-3-2-4-9-20-27-31(39-15-37-20)43(17-41-27)33-25(35)29(53-55)24(52-33)13-50-56(48,54-30)58-14-19-8-6-7-11-22(19)45(46)47/h2-3,6-8,11,15-18,23-26,29-30,33-34H,4-5,9-10,12-14H2,1H3/b3-2+/t23-,24-,25-,26-,29-,30-,33-,34?,55?,56?/m1/s1. The van der Waals surface area contributed by atoms with Gasteiger partial charge in [-0.15, -0.1) is 0 Å². The van der Waals surface area contributed by atoms with E-state index in [1.165, 1.54) is 59.3 Å². The monoisotopic (exact) mass is 877 g/mol. The fourth-order valence-electron chi connectivity index (χ4n) is 7.40. The number of ether oxygens (including phenoxy) is 2. The highest BCUT2D eigenvalue weighted by Gasteiger charge is 2.54. The molecule has 10 atom stereocenters. The lowest BCUT2D eigenvalue weighted by Gasteiger charge is -2.31. The first-order valence-electron chi connectivity index (χ1n) is 18.3. The predicted molar refractivity (Wildman–Crippen MR) is 208 cm³/mol. The number of halogens is 2. The quantitative estimate of drug-likeness (QED) is 0.0844. The van der Waals surface area contributed by atoms with Gasteiger partial charge in [0.05, 0.1) is 42.2 Å². The predicted octanol–water partition coefficient (Wildman–Crippen LogP) is 6.28. The number of alkyl halides is 2. The van der Waals surface area contributed by atoms with Crippen LogP contribution in [0, 0.1) is 10.1 Å². The third-order valence-corrected chi connectivity index (χ3v) is 15.7. The van der Waals surface area contributed by atoms with Gasteiger partial charge < -0.3 is 18.5 Å². The molecule has 0 N–H and O–H groups in total. The van der Waals surface area contributed by atoms with E-state index in [-0.39, 0.29) is 17.0 Å². The fourth-order valence-corrected chi connectivity index (χ4v) is 12.5. The summed E-state index contributed by atoms with van der Waals surface area (Å²) < 4.78 is 88.6. The van der Waals surface area contributed by atoms with Crippen LogP contribution in [0.15, 0.2) is 61.7 Å². The van der Waals surface area contributed by atoms with E-state index in [0.29, 0.717) is 70.8 Å². The van der Waals surface area contributed by atoms with Gasteiger partial charge in [-0.05, 0) is 48.9 Å². The van der Waals surface area contributed by atoms with Crippen molar-refractivity contribution in [2.24, 2.45) is 0 Å². The largest absolute Gasteiger partial charge is 0.390 e. The summed E-state index contributed by atoms with van der Waals surface area (Å²) in [5, 5.41) is 11.9. The summed E-state index contributed by atoms with van der Waals surface area (Å²) >= 11 is 6.37. The molecule has 306 valence electrons. The van der Waals surface area contributed by atoms with Crippen LogP contribution < -0.4 is 0 Å². The molecule has 9 heterocycles. The first kappa shape index (κ1) is 39.8. The number of aromatic nitrogens is 8. The molecule has 0 saturated carbocycles. The summed E-state index contributed by atoms with van der Waals surface area (Å²) in [6, 6.07) is 5.89. The molecule has 10 rings (SSSR count). The number of hydrogen-bond donors (Lipinski definition) is 0. The SMILES string of the molecule is CP1(=S)OC[C@H]2OC3[C@H](F)[C@@H]2OP(=O)(SCc2ccccc2[N+](=O)[O-])OC[C@H]2O[C@H]([C@H](F)[C@@H]2O1)n1cnc2c(ncnc21)CC/C=C/CCc1ncnc2c1ncn23. The van der Waals surface area contributed by atoms with Gasteiger partial charge in [0.1, 0.15) is 48.1 Å². The minimum atomic E-state index is -4.54. The van der Waals surface area contributed by atoms with Crippen molar-refractivity contribution in [3.05, 3.63) is 88.8 Å². The number of nitro groups is 1. The number of nitrogens with zero attached hydrogens (tertiary/aromatic N) is 9. The Balaban J connectivity index is 1.14. The summed E-state index contributed by atoms with van der Waals surface area (Å²) in [6.45, 7) is -7.37. The van der Waals surface area contributed by atoms with Crippen molar-refractivity contribution < 1.29 is 45.8 Å². The zero-order chi connectivity index (χ0) is 40.2. The minimum Gasteiger partial charge on any atom is -0.346 e. The number of hydrogen-bond acceptors (Lipinski definition) is 17. The Morgan fingerprint density at radius 1 is 0.845 bits per heavy atom. The number of aryl methyl sites for hydroxylation is 2. The second kappa shape index (κ2) is 16.1. The van der Waals surface area contributed by atoms with Crippen LogP contribution >= 0.6 is 24.7 Å². The number of allylic oxidation sites excluding steroid dienone is 2. The summed E-state index contributed by atoms with van der Waals surface area (Å²) in [6.07, 6.45) is -0.272. The third-order valence-electron chi connectivity index (χ3n) is 10.2. The van der Waals surface area contributed by atoms with Crippen LogP contribution in [0.4, 0.5) is 14.5 Å². The van der Waals surface area contributed by atoms with Crippen LogP contribution in [0.3, 0.4) is 0 Å². The molecule has 0 aliphatic carbocycles. The third kappa shape index (κ3) is 7.63. The van der Waals surface area contributed by atoms with Gasteiger partial charge in [-0.1, -0.05) is 30.4 Å². The fraction of sp³-hybridized carbons (Fsp3) is 0.471. The zero-order valence-electron chi connectivity index (χ0n) is 30.5. The summed E-state index contributed by atoms with van der Waals surface area (Å²) in [4.78, 5) is 38.0. The Morgan fingerprint density at radius 2 is 1.40 bits per heavy atom. The molecule has 3 fully saturated rings. The van der Waals surface area contributed by atoms with E-state index in [4.69, 9.17) is 39.4 Å². The molecule has 24 heteroatoms. The van der Waals surface area contributed by atoms with Crippen molar-refractivity contribution in [3.8, 4) is 0 Å². The summed E-state index contributed by atoms with van der Waals surface area (Å²) in [5.74, 6) is -0.233. The van der Waals surface area contributed by atoms with Gasteiger partial charge in [0.25, 0.3) is 5.69 Å². The molecule has 3 saturated heterocycles. The molecule has 5 aromatic rings. The van der Waals surface area contributed by atoms with Crippen LogP contribution in [0.2, 0.25) is 0 Å². The van der Waals surface area contributed by atoms with E-state index >= 15 is 8.78 Å². The summed E-state index contributed by atoms with van der Waals surface area (Å²) in [5.41, 5.74) is 2.79. The van der Waals surface area contributed by atoms with Crippen LogP contribution in [0.5, 0.6) is 0 Å². The summed E-state index contributed by atoms with van der Waals surface area (Å²) in [7, 11) is 0. The second-order valence-electron chi connectivity index (χ2n) is 14.0. The molecular weight excluding hydrogens is 843 g/mol. The van der Waals surface area contributed by atoms with Crippen molar-refractivity contribution in [1.82, 2.24) is 39.0 Å². The maximum atomic E-state index is 17.0. The Labute approximate surface area is 337 Å². The number of para-hydroxylation sites is 1. The Morgan fingerprint density at radius 3 is 1.98 bits per heavy atom. The van der Waals surface area contributed by atoms with Crippen LogP contribution in [0.25, 0.3) is 22.3 Å². The molecule has 3 unspecified atom stereocenters. The molecule has 5 aliphatic heterocycles. The number of benzene rings is 1. The molecule has 14 bridgehead atoms. The van der Waals surface area contributed by atoms with Crippen molar-refractivity contribution in [3.63, 3.8) is 0 Å². The van der Waals surface area contributed by atoms with E-state index in [0.717, 1.165) is 0 Å². The van der Waals surface area contributed by atoms with Gasteiger partial charge in [-0.3, -0.25) is 28.3 Å². The van der Waals surface area contributed by atoms with Crippen molar-refractivity contribution in [2.75, 3.05) is 19.9 Å². The van der Waals surface area contributed by atoms with Crippen molar-refractivity contribution >= 4 is 64.5 Å². The van der Waals surface area contributed by atoms with E-state index in [1.54, 1.807) is 6.07 Å². The van der Waals surface area contributed by atoms with Gasteiger partial charge in [0, 0.05) is 24.0 Å². The Hall–Kier alpha value is -3.69. The molecule has 4 aromatic heterocycles. The Bertz CT molecular complexity index is 2500. The van der Waals surface area contributed by atoms with Crippen molar-refractivity contribution in [1.29, 1.82) is 0 Å². The van der Waals surface area contributed by atoms with Gasteiger partial charge in [0.15, 0.2) is 42.6 Å². The van der Waals surface area contributed by atoms with Crippen LogP contribution in [0.1, 0.15) is 42.2 Å². The van der Waals surface area contributed by atoms with E-state index in [2.05, 4.69) is 29.9 Å². The zero-order valence-corrected chi connectivity index (χ0v) is 33.9. The van der Waals surface area contributed by atoms with E-state index in [9.17, 15) is 14.7 Å². The maximum Gasteiger partial charge on any atom is 0.390 e.